The minimum atomic E-state index is -0.904. The molecule has 0 unspecified atom stereocenters. The van der Waals surface area contributed by atoms with Gasteiger partial charge in [-0.05, 0) is 13.0 Å². The Balaban J connectivity index is 2.08. The molecule has 1 heterocycles. The van der Waals surface area contributed by atoms with E-state index in [0.717, 1.165) is 0 Å². The Hall–Kier alpha value is -2.41. The summed E-state index contributed by atoms with van der Waals surface area (Å²) in [6.07, 6.45) is -0.748. The first-order valence-electron chi connectivity index (χ1n) is 6.55. The second-order valence-corrected chi connectivity index (χ2v) is 4.92. The lowest BCUT2D eigenvalue weighted by Gasteiger charge is -2.13. The molecular formula is C14H17N3O4. The van der Waals surface area contributed by atoms with Crippen molar-refractivity contribution in [3.63, 3.8) is 0 Å². The molecule has 112 valence electrons. The summed E-state index contributed by atoms with van der Waals surface area (Å²) in [5, 5.41) is 13.8. The maximum Gasteiger partial charge on any atom is 0.310 e. The highest BCUT2D eigenvalue weighted by Gasteiger charge is 2.36. The molecule has 7 nitrogen and oxygen atoms in total. The lowest BCUT2D eigenvalue weighted by atomic mass is 10.1. The summed E-state index contributed by atoms with van der Waals surface area (Å²) in [5.41, 5.74) is 1.36. The van der Waals surface area contributed by atoms with Crippen molar-refractivity contribution in [2.75, 3.05) is 18.5 Å². The summed E-state index contributed by atoms with van der Waals surface area (Å²) in [7, 11) is 1.61. The molecule has 1 aliphatic heterocycles. The molecule has 0 bridgehead atoms. The Kier molecular flexibility index (Phi) is 4.23. The Morgan fingerprint density at radius 1 is 1.33 bits per heavy atom. The van der Waals surface area contributed by atoms with Crippen LogP contribution in [0.15, 0.2) is 24.3 Å². The van der Waals surface area contributed by atoms with Gasteiger partial charge in [0.2, 0.25) is 0 Å². The number of hydrogen-bond acceptors (Lipinski definition) is 4. The van der Waals surface area contributed by atoms with E-state index in [1.807, 2.05) is 0 Å². The summed E-state index contributed by atoms with van der Waals surface area (Å²) >= 11 is 0. The van der Waals surface area contributed by atoms with Crippen LogP contribution in [0.1, 0.15) is 18.5 Å². The zero-order valence-corrected chi connectivity index (χ0v) is 11.8. The number of nitrogens with one attached hydrogen (secondary N) is 2. The average molecular weight is 291 g/mol. The van der Waals surface area contributed by atoms with E-state index in [2.05, 4.69) is 10.6 Å². The number of nitrogens with zero attached hydrogens (tertiary/aromatic N) is 1. The van der Waals surface area contributed by atoms with Gasteiger partial charge < -0.3 is 20.6 Å². The van der Waals surface area contributed by atoms with Crippen molar-refractivity contribution in [2.45, 2.75) is 19.1 Å². The fourth-order valence-electron chi connectivity index (χ4n) is 2.14. The van der Waals surface area contributed by atoms with Crippen molar-refractivity contribution >= 4 is 23.4 Å². The number of benzene rings is 1. The molecular weight excluding hydrogens is 274 g/mol. The number of aliphatic hydroxyl groups is 1. The zero-order chi connectivity index (χ0) is 15.6. The van der Waals surface area contributed by atoms with Crippen LogP contribution in [0, 0.1) is 0 Å². The normalized spacial score (nSPS) is 18.1. The number of aliphatic hydroxyl groups excluding tert-OH is 1. The number of amides is 3. The minimum Gasteiger partial charge on any atom is -0.392 e. The van der Waals surface area contributed by atoms with Crippen LogP contribution in [-0.4, -0.2) is 42.5 Å². The molecule has 1 aliphatic rings. The van der Waals surface area contributed by atoms with Crippen LogP contribution in [0.4, 0.5) is 5.69 Å². The third-order valence-electron chi connectivity index (χ3n) is 3.23. The molecule has 0 fully saturated rings. The third-order valence-corrected chi connectivity index (χ3v) is 3.23. The molecule has 3 amide bonds. The standard InChI is InChI=1S/C14H17N3O4/c1-8(18)7-15-12(19)13(20)16-11-9-5-3-4-6-10(9)17(2)14(11)21/h3-6,8,11,18H,7H2,1-2H3,(H,15,19)(H,16,20)/t8-,11-/m0/s1. The molecule has 21 heavy (non-hydrogen) atoms. The molecule has 0 aromatic heterocycles. The molecule has 3 N–H and O–H groups in total. The van der Waals surface area contributed by atoms with Gasteiger partial charge in [0.05, 0.1) is 6.10 Å². The molecule has 7 heteroatoms. The van der Waals surface area contributed by atoms with Crippen molar-refractivity contribution in [1.29, 1.82) is 0 Å². The van der Waals surface area contributed by atoms with Crippen LogP contribution in [0.3, 0.4) is 0 Å². The third kappa shape index (κ3) is 3.03. The molecule has 0 radical (unpaired) electrons. The smallest absolute Gasteiger partial charge is 0.310 e. The number of anilines is 1. The van der Waals surface area contributed by atoms with Gasteiger partial charge in [0, 0.05) is 24.8 Å². The van der Waals surface area contributed by atoms with Crippen LogP contribution in [0.5, 0.6) is 0 Å². The number of carbonyl (C=O) groups excluding carboxylic acids is 3. The van der Waals surface area contributed by atoms with E-state index in [0.29, 0.717) is 11.3 Å². The Morgan fingerprint density at radius 3 is 2.67 bits per heavy atom. The first-order chi connectivity index (χ1) is 9.91. The fourth-order valence-corrected chi connectivity index (χ4v) is 2.14. The fraction of sp³-hybridized carbons (Fsp3) is 0.357. The van der Waals surface area contributed by atoms with E-state index in [9.17, 15) is 14.4 Å². The second-order valence-electron chi connectivity index (χ2n) is 4.92. The van der Waals surface area contributed by atoms with Crippen LogP contribution in [0.25, 0.3) is 0 Å². The highest BCUT2D eigenvalue weighted by molar-refractivity contribution is 6.35. The topological polar surface area (TPSA) is 98.7 Å². The van der Waals surface area contributed by atoms with Crippen LogP contribution in [0.2, 0.25) is 0 Å². The maximum absolute atomic E-state index is 12.1. The van der Waals surface area contributed by atoms with Crippen molar-refractivity contribution < 1.29 is 19.5 Å². The number of rotatable bonds is 3. The second kappa shape index (κ2) is 5.92. The number of likely N-dealkylation sites (N-methyl/N-ethyl adjacent to an activating group) is 1. The Bertz CT molecular complexity index is 585. The average Bonchev–Trinajstić information content (AvgIpc) is 2.70. The van der Waals surface area contributed by atoms with E-state index < -0.39 is 24.0 Å². The lowest BCUT2D eigenvalue weighted by molar-refractivity contribution is -0.140. The van der Waals surface area contributed by atoms with Crippen LogP contribution >= 0.6 is 0 Å². The summed E-state index contributed by atoms with van der Waals surface area (Å²) in [6, 6.07) is 6.19. The van der Waals surface area contributed by atoms with Gasteiger partial charge in [0.15, 0.2) is 0 Å². The van der Waals surface area contributed by atoms with E-state index in [4.69, 9.17) is 5.11 Å². The number of hydrogen-bond donors (Lipinski definition) is 3. The summed E-state index contributed by atoms with van der Waals surface area (Å²) in [4.78, 5) is 36.9. The Labute approximate surface area is 121 Å². The van der Waals surface area contributed by atoms with Gasteiger partial charge in [0.25, 0.3) is 5.91 Å². The molecule has 1 aromatic rings. The summed E-state index contributed by atoms with van der Waals surface area (Å²) in [6.45, 7) is 1.46. The molecule has 0 aliphatic carbocycles. The van der Waals surface area contributed by atoms with E-state index in [-0.39, 0.29) is 12.5 Å². The van der Waals surface area contributed by atoms with Crippen molar-refractivity contribution in [3.8, 4) is 0 Å². The molecule has 0 saturated heterocycles. The largest absolute Gasteiger partial charge is 0.392 e. The van der Waals surface area contributed by atoms with Gasteiger partial charge in [-0.3, -0.25) is 14.4 Å². The highest BCUT2D eigenvalue weighted by Crippen LogP contribution is 2.34. The number of para-hydroxylation sites is 1. The molecule has 1 aromatic carbocycles. The van der Waals surface area contributed by atoms with Crippen molar-refractivity contribution in [3.05, 3.63) is 29.8 Å². The maximum atomic E-state index is 12.1. The van der Waals surface area contributed by atoms with E-state index in [1.54, 1.807) is 31.3 Å². The SMILES string of the molecule is C[C@H](O)CNC(=O)C(=O)N[C@@H]1C(=O)N(C)c2ccccc21. The van der Waals surface area contributed by atoms with Gasteiger partial charge >= 0.3 is 11.8 Å². The monoisotopic (exact) mass is 291 g/mol. The first-order valence-corrected chi connectivity index (χ1v) is 6.55. The predicted molar refractivity (Wildman–Crippen MR) is 75.4 cm³/mol. The molecule has 2 rings (SSSR count). The van der Waals surface area contributed by atoms with Gasteiger partial charge in [-0.2, -0.15) is 0 Å². The van der Waals surface area contributed by atoms with E-state index in [1.165, 1.54) is 11.8 Å². The minimum absolute atomic E-state index is 0.0264. The van der Waals surface area contributed by atoms with Crippen LogP contribution in [-0.2, 0) is 14.4 Å². The summed E-state index contributed by atoms with van der Waals surface area (Å²) < 4.78 is 0. The molecule has 0 spiro atoms. The van der Waals surface area contributed by atoms with E-state index >= 15 is 0 Å². The quantitative estimate of drug-likeness (QED) is 0.642. The first kappa shape index (κ1) is 15.0. The van der Waals surface area contributed by atoms with Crippen molar-refractivity contribution in [2.24, 2.45) is 0 Å². The number of fused-ring (bicyclic) bond motifs is 1. The molecule has 0 saturated carbocycles. The molecule has 2 atom stereocenters. The number of carbonyl (C=O) groups is 3. The lowest BCUT2D eigenvalue weighted by Crippen LogP contribution is -2.45. The van der Waals surface area contributed by atoms with Gasteiger partial charge in [0.1, 0.15) is 6.04 Å². The van der Waals surface area contributed by atoms with Crippen molar-refractivity contribution in [1.82, 2.24) is 10.6 Å². The predicted octanol–water partition coefficient (Wildman–Crippen LogP) is -0.683. The van der Waals surface area contributed by atoms with Gasteiger partial charge in [-0.1, -0.05) is 18.2 Å². The highest BCUT2D eigenvalue weighted by atomic mass is 16.3. The summed E-state index contributed by atoms with van der Waals surface area (Å²) in [5.74, 6) is -2.08. The Morgan fingerprint density at radius 2 is 2.00 bits per heavy atom. The van der Waals surface area contributed by atoms with Gasteiger partial charge in [-0.15, -0.1) is 0 Å². The van der Waals surface area contributed by atoms with Gasteiger partial charge in [-0.25, -0.2) is 0 Å². The zero-order valence-electron chi connectivity index (χ0n) is 11.8. The van der Waals surface area contributed by atoms with Crippen LogP contribution < -0.4 is 15.5 Å².